The lowest BCUT2D eigenvalue weighted by molar-refractivity contribution is 0.299. The Kier molecular flexibility index (Phi) is 2.58. The standard InChI is InChI=1S/C11H13FN2O/c12-8-3-4-10(9(5-8)11(13)14)15-6-7-1-2-7/h3-5,7H,1-2,6H2,(H3,13,14). The molecule has 1 aromatic carbocycles. The number of amidine groups is 1. The van der Waals surface area contributed by atoms with Crippen LogP contribution < -0.4 is 10.5 Å². The van der Waals surface area contributed by atoms with Crippen LogP contribution in [0.15, 0.2) is 18.2 Å². The van der Waals surface area contributed by atoms with Gasteiger partial charge >= 0.3 is 0 Å². The van der Waals surface area contributed by atoms with Crippen LogP contribution in [0.4, 0.5) is 4.39 Å². The average molecular weight is 208 g/mol. The van der Waals surface area contributed by atoms with Crippen LogP contribution in [0.25, 0.3) is 0 Å². The Labute approximate surface area is 87.6 Å². The van der Waals surface area contributed by atoms with E-state index in [1.807, 2.05) is 0 Å². The van der Waals surface area contributed by atoms with Gasteiger partial charge in [-0.05, 0) is 37.0 Å². The molecule has 0 radical (unpaired) electrons. The molecule has 1 fully saturated rings. The minimum absolute atomic E-state index is 0.166. The van der Waals surface area contributed by atoms with Gasteiger partial charge in [-0.1, -0.05) is 0 Å². The van der Waals surface area contributed by atoms with Gasteiger partial charge in [0.05, 0.1) is 12.2 Å². The molecule has 2 rings (SSSR count). The lowest BCUT2D eigenvalue weighted by Crippen LogP contribution is -2.14. The van der Waals surface area contributed by atoms with E-state index >= 15 is 0 Å². The molecule has 0 aliphatic heterocycles. The zero-order valence-electron chi connectivity index (χ0n) is 8.29. The summed E-state index contributed by atoms with van der Waals surface area (Å²) in [4.78, 5) is 0. The smallest absolute Gasteiger partial charge is 0.130 e. The quantitative estimate of drug-likeness (QED) is 0.586. The summed E-state index contributed by atoms with van der Waals surface area (Å²) < 4.78 is 18.4. The summed E-state index contributed by atoms with van der Waals surface area (Å²) in [5.41, 5.74) is 5.67. The zero-order chi connectivity index (χ0) is 10.8. The van der Waals surface area contributed by atoms with Gasteiger partial charge in [0.15, 0.2) is 0 Å². The zero-order valence-corrected chi connectivity index (χ0v) is 8.29. The maximum atomic E-state index is 12.9. The molecule has 80 valence electrons. The first-order chi connectivity index (χ1) is 7.16. The summed E-state index contributed by atoms with van der Waals surface area (Å²) in [6.45, 7) is 0.631. The van der Waals surface area contributed by atoms with Crippen molar-refractivity contribution in [1.29, 1.82) is 5.41 Å². The topological polar surface area (TPSA) is 59.1 Å². The second-order valence-electron chi connectivity index (χ2n) is 3.81. The minimum atomic E-state index is -0.404. The Morgan fingerprint density at radius 3 is 2.87 bits per heavy atom. The highest BCUT2D eigenvalue weighted by molar-refractivity contribution is 5.97. The Hall–Kier alpha value is -1.58. The third kappa shape index (κ3) is 2.46. The highest BCUT2D eigenvalue weighted by Gasteiger charge is 2.22. The lowest BCUT2D eigenvalue weighted by Gasteiger charge is -2.09. The van der Waals surface area contributed by atoms with Crippen molar-refractivity contribution in [3.8, 4) is 5.75 Å². The van der Waals surface area contributed by atoms with Gasteiger partial charge in [0.1, 0.15) is 17.4 Å². The fraction of sp³-hybridized carbons (Fsp3) is 0.364. The molecule has 0 amide bonds. The van der Waals surface area contributed by atoms with Gasteiger partial charge in [0.2, 0.25) is 0 Å². The van der Waals surface area contributed by atoms with Crippen LogP contribution in [0.1, 0.15) is 18.4 Å². The molecule has 3 nitrogen and oxygen atoms in total. The van der Waals surface area contributed by atoms with Gasteiger partial charge < -0.3 is 10.5 Å². The van der Waals surface area contributed by atoms with Crippen LogP contribution in [-0.2, 0) is 0 Å². The Bertz CT molecular complexity index is 388. The number of nitrogens with two attached hydrogens (primary N) is 1. The first kappa shape index (κ1) is 9.96. The SMILES string of the molecule is N=C(N)c1cc(F)ccc1OCC1CC1. The molecular formula is C11H13FN2O. The van der Waals surface area contributed by atoms with E-state index in [0.717, 1.165) is 0 Å². The monoisotopic (exact) mass is 208 g/mol. The van der Waals surface area contributed by atoms with Crippen LogP contribution in [0.5, 0.6) is 5.75 Å². The van der Waals surface area contributed by atoms with Crippen LogP contribution in [0, 0.1) is 17.1 Å². The number of hydrogen-bond donors (Lipinski definition) is 2. The Morgan fingerprint density at radius 2 is 2.27 bits per heavy atom. The van der Waals surface area contributed by atoms with Crippen LogP contribution >= 0.6 is 0 Å². The highest BCUT2D eigenvalue weighted by atomic mass is 19.1. The highest BCUT2D eigenvalue weighted by Crippen LogP contribution is 2.30. The fourth-order valence-electron chi connectivity index (χ4n) is 1.33. The van der Waals surface area contributed by atoms with Crippen molar-refractivity contribution in [2.45, 2.75) is 12.8 Å². The third-order valence-electron chi connectivity index (χ3n) is 2.40. The van der Waals surface area contributed by atoms with Gasteiger partial charge in [-0.25, -0.2) is 4.39 Å². The summed E-state index contributed by atoms with van der Waals surface area (Å²) in [5.74, 6) is 0.546. The number of hydrogen-bond acceptors (Lipinski definition) is 2. The van der Waals surface area contributed by atoms with Crippen molar-refractivity contribution in [2.75, 3.05) is 6.61 Å². The number of nitrogen functional groups attached to an aromatic ring is 1. The number of rotatable bonds is 4. The maximum Gasteiger partial charge on any atom is 0.130 e. The van der Waals surface area contributed by atoms with Crippen molar-refractivity contribution in [1.82, 2.24) is 0 Å². The molecule has 1 aromatic rings. The normalized spacial score (nSPS) is 15.0. The maximum absolute atomic E-state index is 12.9. The molecule has 15 heavy (non-hydrogen) atoms. The average Bonchev–Trinajstić information content (AvgIpc) is 2.99. The van der Waals surface area contributed by atoms with Crippen molar-refractivity contribution < 1.29 is 9.13 Å². The molecule has 0 atom stereocenters. The lowest BCUT2D eigenvalue weighted by atomic mass is 10.2. The van der Waals surface area contributed by atoms with E-state index in [-0.39, 0.29) is 5.84 Å². The molecule has 0 bridgehead atoms. The second kappa shape index (κ2) is 3.88. The van der Waals surface area contributed by atoms with E-state index in [0.29, 0.717) is 23.8 Å². The van der Waals surface area contributed by atoms with Crippen LogP contribution in [0.3, 0.4) is 0 Å². The molecule has 0 spiro atoms. The molecule has 0 aromatic heterocycles. The molecule has 3 N–H and O–H groups in total. The van der Waals surface area contributed by atoms with Crippen molar-refractivity contribution in [3.63, 3.8) is 0 Å². The molecule has 4 heteroatoms. The fourth-order valence-corrected chi connectivity index (χ4v) is 1.33. The number of benzene rings is 1. The second-order valence-corrected chi connectivity index (χ2v) is 3.81. The molecule has 0 saturated heterocycles. The van der Waals surface area contributed by atoms with E-state index < -0.39 is 5.82 Å². The molecule has 1 aliphatic carbocycles. The molecule has 0 unspecified atom stereocenters. The van der Waals surface area contributed by atoms with Crippen molar-refractivity contribution >= 4 is 5.84 Å². The third-order valence-corrected chi connectivity index (χ3v) is 2.40. The Morgan fingerprint density at radius 1 is 1.53 bits per heavy atom. The van der Waals surface area contributed by atoms with Gasteiger partial charge in [-0.2, -0.15) is 0 Å². The van der Waals surface area contributed by atoms with E-state index in [9.17, 15) is 4.39 Å². The first-order valence-electron chi connectivity index (χ1n) is 4.93. The van der Waals surface area contributed by atoms with E-state index in [1.54, 1.807) is 0 Å². The minimum Gasteiger partial charge on any atom is -0.493 e. The number of nitrogens with one attached hydrogen (secondary N) is 1. The van der Waals surface area contributed by atoms with Gasteiger partial charge in [0.25, 0.3) is 0 Å². The molecule has 0 heterocycles. The summed E-state index contributed by atoms with van der Waals surface area (Å²) in [7, 11) is 0. The molecule has 1 aliphatic rings. The molecule has 1 saturated carbocycles. The molecular weight excluding hydrogens is 195 g/mol. The van der Waals surface area contributed by atoms with Crippen molar-refractivity contribution in [3.05, 3.63) is 29.6 Å². The summed E-state index contributed by atoms with van der Waals surface area (Å²) in [6.07, 6.45) is 2.38. The Balaban J connectivity index is 2.15. The number of ether oxygens (including phenoxy) is 1. The van der Waals surface area contributed by atoms with Gasteiger partial charge in [0, 0.05) is 0 Å². The predicted octanol–water partition coefficient (Wildman–Crippen LogP) is 1.90. The van der Waals surface area contributed by atoms with Gasteiger partial charge in [-0.15, -0.1) is 0 Å². The van der Waals surface area contributed by atoms with E-state index in [2.05, 4.69) is 0 Å². The van der Waals surface area contributed by atoms with E-state index in [1.165, 1.54) is 31.0 Å². The van der Waals surface area contributed by atoms with Crippen LogP contribution in [-0.4, -0.2) is 12.4 Å². The largest absolute Gasteiger partial charge is 0.493 e. The van der Waals surface area contributed by atoms with Crippen LogP contribution in [0.2, 0.25) is 0 Å². The van der Waals surface area contributed by atoms with Crippen molar-refractivity contribution in [2.24, 2.45) is 11.7 Å². The summed E-state index contributed by atoms with van der Waals surface area (Å²) in [5, 5.41) is 7.31. The summed E-state index contributed by atoms with van der Waals surface area (Å²) in [6, 6.07) is 4.06. The van der Waals surface area contributed by atoms with E-state index in [4.69, 9.17) is 15.9 Å². The van der Waals surface area contributed by atoms with Gasteiger partial charge in [-0.3, -0.25) is 5.41 Å². The summed E-state index contributed by atoms with van der Waals surface area (Å²) >= 11 is 0. The predicted molar refractivity (Wildman–Crippen MR) is 55.6 cm³/mol. The number of halogens is 1. The first-order valence-corrected chi connectivity index (χ1v) is 4.93.